The van der Waals surface area contributed by atoms with Crippen molar-refractivity contribution in [2.75, 3.05) is 39.6 Å². The maximum absolute atomic E-state index is 12.1. The number of aliphatic hydroxyl groups is 1. The molecule has 1 rings (SSSR count). The number of ether oxygens (including phenoxy) is 4. The van der Waals surface area contributed by atoms with Crippen LogP contribution in [-0.2, 0) is 23.7 Å². The summed E-state index contributed by atoms with van der Waals surface area (Å²) in [7, 11) is 0. The molecular formula is C17H30Br2O6. The number of esters is 1. The molecule has 2 unspecified atom stereocenters. The Labute approximate surface area is 167 Å². The Balaban J connectivity index is 2.78. The third kappa shape index (κ3) is 6.74. The minimum absolute atomic E-state index is 0.000127. The molecule has 8 heteroatoms. The second kappa shape index (κ2) is 8.97. The van der Waals surface area contributed by atoms with Gasteiger partial charge in [-0.15, -0.1) is 0 Å². The number of hydrogen-bond donors (Lipinski definition) is 1. The molecular weight excluding hydrogens is 460 g/mol. The van der Waals surface area contributed by atoms with Crippen LogP contribution in [0.2, 0.25) is 0 Å². The summed E-state index contributed by atoms with van der Waals surface area (Å²) < 4.78 is 21.4. The molecule has 1 fully saturated rings. The highest BCUT2D eigenvalue weighted by molar-refractivity contribution is 9.10. The summed E-state index contributed by atoms with van der Waals surface area (Å²) in [6, 6.07) is 0. The number of alkyl halides is 2. The molecule has 0 radical (unpaired) electrons. The number of hydrogen-bond acceptors (Lipinski definition) is 6. The summed E-state index contributed by atoms with van der Waals surface area (Å²) in [6.07, 6.45) is 0.859. The minimum atomic E-state index is -0.847. The predicted octanol–water partition coefficient (Wildman–Crippen LogP) is 3.03. The summed E-state index contributed by atoms with van der Waals surface area (Å²) in [4.78, 5) is 12.1. The second-order valence-electron chi connectivity index (χ2n) is 7.56. The highest BCUT2D eigenvalue weighted by Gasteiger charge is 2.58. The van der Waals surface area contributed by atoms with Crippen LogP contribution in [0.3, 0.4) is 0 Å². The third-order valence-electron chi connectivity index (χ3n) is 4.01. The highest BCUT2D eigenvalue weighted by Crippen LogP contribution is 2.45. The number of rotatable bonds is 12. The van der Waals surface area contributed by atoms with Crippen molar-refractivity contribution in [2.24, 2.45) is 5.41 Å². The first-order chi connectivity index (χ1) is 11.4. The molecule has 1 heterocycles. The van der Waals surface area contributed by atoms with Crippen molar-refractivity contribution in [1.29, 1.82) is 0 Å². The summed E-state index contributed by atoms with van der Waals surface area (Å²) in [5.41, 5.74) is -0.847. The van der Waals surface area contributed by atoms with Gasteiger partial charge >= 0.3 is 5.97 Å². The van der Waals surface area contributed by atoms with Crippen molar-refractivity contribution in [3.05, 3.63) is 0 Å². The molecule has 0 amide bonds. The van der Waals surface area contributed by atoms with Crippen LogP contribution in [0.25, 0.3) is 0 Å². The fourth-order valence-electron chi connectivity index (χ4n) is 2.02. The Hall–Kier alpha value is 0.270. The van der Waals surface area contributed by atoms with E-state index in [-0.39, 0.29) is 30.8 Å². The van der Waals surface area contributed by atoms with E-state index in [0.29, 0.717) is 13.2 Å². The first-order valence-corrected chi connectivity index (χ1v) is 10.0. The number of halogens is 2. The largest absolute Gasteiger partial charge is 0.464 e. The number of epoxide rings is 1. The fourth-order valence-corrected chi connectivity index (χ4v) is 2.48. The SMILES string of the molecule is CCCOCC(CO)(COC(=O)C(C)(C)Br)COC1(C(C)(C)Br)CO1. The molecule has 1 saturated heterocycles. The Kier molecular flexibility index (Phi) is 8.37. The fraction of sp³-hybridized carbons (Fsp3) is 0.941. The maximum atomic E-state index is 12.1. The van der Waals surface area contributed by atoms with Gasteiger partial charge in [-0.05, 0) is 34.1 Å². The molecule has 25 heavy (non-hydrogen) atoms. The van der Waals surface area contributed by atoms with E-state index in [1.807, 2.05) is 20.8 Å². The van der Waals surface area contributed by atoms with E-state index in [4.69, 9.17) is 18.9 Å². The van der Waals surface area contributed by atoms with Crippen LogP contribution in [0.4, 0.5) is 0 Å². The second-order valence-corrected chi connectivity index (χ2v) is 11.5. The quantitative estimate of drug-likeness (QED) is 0.196. The van der Waals surface area contributed by atoms with Gasteiger partial charge in [0.15, 0.2) is 0 Å². The molecule has 1 N–H and O–H groups in total. The molecule has 6 nitrogen and oxygen atoms in total. The average Bonchev–Trinajstić information content (AvgIpc) is 3.29. The molecule has 0 aromatic heterocycles. The van der Waals surface area contributed by atoms with Crippen LogP contribution in [-0.4, -0.2) is 65.2 Å². The van der Waals surface area contributed by atoms with Gasteiger partial charge < -0.3 is 24.1 Å². The third-order valence-corrected chi connectivity index (χ3v) is 4.94. The van der Waals surface area contributed by atoms with Crippen LogP contribution >= 0.6 is 31.9 Å². The van der Waals surface area contributed by atoms with Gasteiger partial charge in [-0.3, -0.25) is 4.79 Å². The Morgan fingerprint density at radius 2 is 1.80 bits per heavy atom. The Morgan fingerprint density at radius 3 is 2.20 bits per heavy atom. The van der Waals surface area contributed by atoms with Crippen molar-refractivity contribution >= 4 is 37.8 Å². The van der Waals surface area contributed by atoms with E-state index >= 15 is 0 Å². The van der Waals surface area contributed by atoms with E-state index in [0.717, 1.165) is 6.42 Å². The van der Waals surface area contributed by atoms with Gasteiger partial charge in [0, 0.05) is 6.61 Å². The van der Waals surface area contributed by atoms with E-state index in [2.05, 4.69) is 31.9 Å². The summed E-state index contributed by atoms with van der Waals surface area (Å²) in [6.45, 7) is 10.5. The van der Waals surface area contributed by atoms with Crippen molar-refractivity contribution in [2.45, 2.75) is 55.5 Å². The first-order valence-electron chi connectivity index (χ1n) is 8.43. The van der Waals surface area contributed by atoms with Gasteiger partial charge in [0.05, 0.1) is 29.6 Å². The van der Waals surface area contributed by atoms with Crippen LogP contribution in [0.15, 0.2) is 0 Å². The zero-order valence-corrected chi connectivity index (χ0v) is 18.9. The average molecular weight is 490 g/mol. The summed E-state index contributed by atoms with van der Waals surface area (Å²) in [5.74, 6) is -1.14. The van der Waals surface area contributed by atoms with Crippen molar-refractivity contribution < 1.29 is 28.8 Å². The van der Waals surface area contributed by atoms with Gasteiger partial charge in [-0.1, -0.05) is 38.8 Å². The molecule has 0 aromatic rings. The zero-order chi connectivity index (χ0) is 19.4. The van der Waals surface area contributed by atoms with Crippen LogP contribution < -0.4 is 0 Å². The molecule has 148 valence electrons. The zero-order valence-electron chi connectivity index (χ0n) is 15.7. The van der Waals surface area contributed by atoms with Gasteiger partial charge in [-0.2, -0.15) is 0 Å². The molecule has 1 aliphatic rings. The van der Waals surface area contributed by atoms with Crippen molar-refractivity contribution in [1.82, 2.24) is 0 Å². The first kappa shape index (κ1) is 23.3. The summed E-state index contributed by atoms with van der Waals surface area (Å²) in [5, 5.41) is 10.00. The lowest BCUT2D eigenvalue weighted by Crippen LogP contribution is -2.46. The lowest BCUT2D eigenvalue weighted by Gasteiger charge is -2.34. The lowest BCUT2D eigenvalue weighted by molar-refractivity contribution is -0.164. The minimum Gasteiger partial charge on any atom is -0.464 e. The normalized spacial score (nSPS) is 23.2. The van der Waals surface area contributed by atoms with Gasteiger partial charge in [0.25, 0.3) is 0 Å². The van der Waals surface area contributed by atoms with E-state index < -0.39 is 21.5 Å². The number of carbonyl (C=O) groups excluding carboxylic acids is 1. The van der Waals surface area contributed by atoms with E-state index in [9.17, 15) is 9.90 Å². The van der Waals surface area contributed by atoms with Crippen molar-refractivity contribution in [3.8, 4) is 0 Å². The molecule has 0 aromatic carbocycles. The topological polar surface area (TPSA) is 77.5 Å². The molecule has 2 atom stereocenters. The maximum Gasteiger partial charge on any atom is 0.322 e. The highest BCUT2D eigenvalue weighted by atomic mass is 79.9. The number of aliphatic hydroxyl groups excluding tert-OH is 1. The predicted molar refractivity (Wildman–Crippen MR) is 102 cm³/mol. The van der Waals surface area contributed by atoms with Crippen molar-refractivity contribution in [3.63, 3.8) is 0 Å². The Bertz CT molecular complexity index is 439. The van der Waals surface area contributed by atoms with E-state index in [1.54, 1.807) is 13.8 Å². The molecule has 1 aliphatic heterocycles. The molecule has 0 aliphatic carbocycles. The van der Waals surface area contributed by atoms with Gasteiger partial charge in [-0.25, -0.2) is 0 Å². The van der Waals surface area contributed by atoms with Gasteiger partial charge in [0.2, 0.25) is 5.79 Å². The summed E-state index contributed by atoms with van der Waals surface area (Å²) >= 11 is 6.85. The molecule has 0 saturated carbocycles. The smallest absolute Gasteiger partial charge is 0.322 e. The molecule has 0 spiro atoms. The monoisotopic (exact) mass is 488 g/mol. The Morgan fingerprint density at radius 1 is 1.20 bits per heavy atom. The molecule has 0 bridgehead atoms. The standard InChI is InChI=1S/C17H30Br2O6/c1-6-7-22-9-16(8-20,10-23-13(21)14(2,3)18)11-24-17(12-25-17)15(4,5)19/h20H,6-12H2,1-5H3. The van der Waals surface area contributed by atoms with Crippen LogP contribution in [0.5, 0.6) is 0 Å². The van der Waals surface area contributed by atoms with Crippen LogP contribution in [0, 0.1) is 5.41 Å². The number of carbonyl (C=O) groups is 1. The van der Waals surface area contributed by atoms with E-state index in [1.165, 1.54) is 0 Å². The lowest BCUT2D eigenvalue weighted by atomic mass is 9.92. The van der Waals surface area contributed by atoms with Gasteiger partial charge in [0.1, 0.15) is 17.5 Å². The van der Waals surface area contributed by atoms with Crippen LogP contribution in [0.1, 0.15) is 41.0 Å².